The Labute approximate surface area is 554 Å². The van der Waals surface area contributed by atoms with Crippen LogP contribution >= 0.6 is 0 Å². The van der Waals surface area contributed by atoms with Gasteiger partial charge < -0.3 is 18.3 Å². The van der Waals surface area contributed by atoms with Crippen molar-refractivity contribution in [3.05, 3.63) is 364 Å². The summed E-state index contributed by atoms with van der Waals surface area (Å²) in [5.41, 5.74) is 24.2. The van der Waals surface area contributed by atoms with Crippen LogP contribution in [0.2, 0.25) is 0 Å². The first-order chi connectivity index (χ1) is 47.7. The van der Waals surface area contributed by atoms with Gasteiger partial charge in [-0.15, -0.1) is 0 Å². The van der Waals surface area contributed by atoms with E-state index in [4.69, 9.17) is 0 Å². The van der Waals surface area contributed by atoms with Crippen molar-refractivity contribution in [2.24, 2.45) is 0 Å². The second-order valence-corrected chi connectivity index (χ2v) is 25.1. The normalized spacial score (nSPS) is 11.8. The standard InChI is InChI=1S/2C46H30N2/c1-2-13-31(14-3-1)32-27-29-34(30-28-32)47-41-22-8-6-18-38(41)45-36(20-11-25-43(45)47)37-21-12-26-44-46(37)39-19-7-9-23-42(39)48(44)40-24-10-16-33-15-4-5-17-35(33)40;1-2-12-31(13-3-1)33-24-27-35(28-25-33)47-41-20-8-6-16-39(41)45-37(18-10-22-43(45)47)38-19-11-23-44-46(38)40-17-7-9-21-42(40)48(44)36-29-26-32-14-4-5-15-34(32)30-36/h2*1-30H. The molecule has 96 heavy (non-hydrogen) atoms. The fourth-order valence-corrected chi connectivity index (χ4v) is 15.7. The molecule has 0 N–H and O–H groups in total. The molecule has 20 aromatic rings. The van der Waals surface area contributed by atoms with E-state index in [1.807, 2.05) is 0 Å². The summed E-state index contributed by atoms with van der Waals surface area (Å²) >= 11 is 0. The molecule has 0 unspecified atom stereocenters. The number of rotatable bonds is 8. The summed E-state index contributed by atoms with van der Waals surface area (Å²) in [4.78, 5) is 0. The van der Waals surface area contributed by atoms with Crippen molar-refractivity contribution in [3.63, 3.8) is 0 Å². The van der Waals surface area contributed by atoms with E-state index in [-0.39, 0.29) is 0 Å². The molecule has 4 aromatic heterocycles. The summed E-state index contributed by atoms with van der Waals surface area (Å²) in [5.74, 6) is 0. The predicted molar refractivity (Wildman–Crippen MR) is 407 cm³/mol. The molecule has 4 nitrogen and oxygen atoms in total. The maximum Gasteiger partial charge on any atom is 0.0547 e. The van der Waals surface area contributed by atoms with Crippen LogP contribution in [0, 0.1) is 0 Å². The molecular weight excluding hydrogens is 1160 g/mol. The molecular formula is C92H60N4. The third kappa shape index (κ3) is 8.77. The zero-order valence-electron chi connectivity index (χ0n) is 52.4. The fraction of sp³-hybridized carbons (Fsp3) is 0. The molecule has 4 heterocycles. The van der Waals surface area contributed by atoms with E-state index in [0.717, 1.165) is 11.4 Å². The molecule has 20 rings (SSSR count). The zero-order valence-corrected chi connectivity index (χ0v) is 52.4. The van der Waals surface area contributed by atoms with Crippen LogP contribution in [0.15, 0.2) is 364 Å². The number of benzene rings is 16. The molecule has 0 aliphatic carbocycles. The summed E-state index contributed by atoms with van der Waals surface area (Å²) in [6.07, 6.45) is 0. The molecule has 0 aliphatic rings. The molecule has 0 radical (unpaired) electrons. The Morgan fingerprint density at radius 2 is 0.448 bits per heavy atom. The summed E-state index contributed by atoms with van der Waals surface area (Å²) in [6, 6.07) is 132. The first kappa shape index (κ1) is 54.9. The molecule has 0 amide bonds. The van der Waals surface area contributed by atoms with Crippen LogP contribution in [0.5, 0.6) is 0 Å². The third-order valence-electron chi connectivity index (χ3n) is 19.8. The van der Waals surface area contributed by atoms with Crippen molar-refractivity contribution in [2.45, 2.75) is 0 Å². The van der Waals surface area contributed by atoms with Crippen LogP contribution in [0.25, 0.3) is 176 Å². The smallest absolute Gasteiger partial charge is 0.0547 e. The van der Waals surface area contributed by atoms with Gasteiger partial charge in [0.15, 0.2) is 0 Å². The quantitative estimate of drug-likeness (QED) is 0.144. The van der Waals surface area contributed by atoms with E-state index in [1.165, 1.54) is 165 Å². The number of fused-ring (bicyclic) bond motifs is 14. The summed E-state index contributed by atoms with van der Waals surface area (Å²) < 4.78 is 9.72. The van der Waals surface area contributed by atoms with Gasteiger partial charge in [0, 0.05) is 65.5 Å². The first-order valence-corrected chi connectivity index (χ1v) is 33.1. The number of hydrogen-bond donors (Lipinski definition) is 0. The summed E-state index contributed by atoms with van der Waals surface area (Å²) in [5, 5.41) is 15.1. The largest absolute Gasteiger partial charge is 0.309 e. The molecule has 448 valence electrons. The molecule has 16 aromatic carbocycles. The van der Waals surface area contributed by atoms with Gasteiger partial charge in [-0.3, -0.25) is 0 Å². The van der Waals surface area contributed by atoms with Crippen molar-refractivity contribution in [1.29, 1.82) is 0 Å². The monoisotopic (exact) mass is 1220 g/mol. The van der Waals surface area contributed by atoms with Crippen LogP contribution < -0.4 is 0 Å². The minimum Gasteiger partial charge on any atom is -0.309 e. The van der Waals surface area contributed by atoms with Gasteiger partial charge in [0.25, 0.3) is 0 Å². The highest BCUT2D eigenvalue weighted by Gasteiger charge is 2.24. The highest BCUT2D eigenvalue weighted by Crippen LogP contribution is 2.47. The molecule has 0 saturated heterocycles. The number of nitrogens with zero attached hydrogens (tertiary/aromatic N) is 4. The number of para-hydroxylation sites is 4. The van der Waals surface area contributed by atoms with E-state index >= 15 is 0 Å². The highest BCUT2D eigenvalue weighted by molar-refractivity contribution is 6.24. The van der Waals surface area contributed by atoms with Gasteiger partial charge in [-0.2, -0.15) is 0 Å². The van der Waals surface area contributed by atoms with E-state index in [2.05, 4.69) is 382 Å². The summed E-state index contributed by atoms with van der Waals surface area (Å²) in [6.45, 7) is 0. The maximum atomic E-state index is 2.45. The predicted octanol–water partition coefficient (Wildman–Crippen LogP) is 24.7. The average Bonchev–Trinajstić information content (AvgIpc) is 1.57. The lowest BCUT2D eigenvalue weighted by Crippen LogP contribution is -1.95. The average molecular weight is 1220 g/mol. The SMILES string of the molecule is c1ccc(-c2ccc(-n3c4ccccc4c4c(-c5cccc6c5c5ccccc5n6-c5ccc6ccccc6c5)cccc43)cc2)cc1.c1ccc(-c2ccc(-n3c4ccccc4c4c(-c5cccc6c5c5ccccc5n6-c5cccc6ccccc56)cccc43)cc2)cc1. The number of hydrogen-bond acceptors (Lipinski definition) is 0. The van der Waals surface area contributed by atoms with E-state index in [0.29, 0.717) is 0 Å². The molecule has 0 aliphatic heterocycles. The Morgan fingerprint density at radius 1 is 0.156 bits per heavy atom. The van der Waals surface area contributed by atoms with Gasteiger partial charge in [0.05, 0.1) is 49.8 Å². The second kappa shape index (κ2) is 22.5. The van der Waals surface area contributed by atoms with E-state index in [1.54, 1.807) is 0 Å². The molecule has 0 atom stereocenters. The minimum absolute atomic E-state index is 1.16. The van der Waals surface area contributed by atoms with Crippen LogP contribution in [0.1, 0.15) is 0 Å². The fourth-order valence-electron chi connectivity index (χ4n) is 15.7. The van der Waals surface area contributed by atoms with Crippen molar-refractivity contribution in [1.82, 2.24) is 18.3 Å². The Balaban J connectivity index is 0.000000135. The Hall–Kier alpha value is -12.8. The van der Waals surface area contributed by atoms with Gasteiger partial charge in [-0.1, -0.05) is 273 Å². The van der Waals surface area contributed by atoms with Crippen molar-refractivity contribution in [2.75, 3.05) is 0 Å². The van der Waals surface area contributed by atoms with Crippen LogP contribution in [-0.2, 0) is 0 Å². The highest BCUT2D eigenvalue weighted by atomic mass is 15.0. The van der Waals surface area contributed by atoms with Crippen LogP contribution in [0.3, 0.4) is 0 Å². The summed E-state index contributed by atoms with van der Waals surface area (Å²) in [7, 11) is 0. The van der Waals surface area contributed by atoms with E-state index < -0.39 is 0 Å². The second-order valence-electron chi connectivity index (χ2n) is 25.1. The third-order valence-corrected chi connectivity index (χ3v) is 19.8. The lowest BCUT2D eigenvalue weighted by Gasteiger charge is -2.12. The Kier molecular flexibility index (Phi) is 12.9. The molecule has 0 spiro atoms. The van der Waals surface area contributed by atoms with Crippen molar-refractivity contribution >= 4 is 109 Å². The molecule has 4 heteroatoms. The van der Waals surface area contributed by atoms with Crippen molar-refractivity contribution < 1.29 is 0 Å². The van der Waals surface area contributed by atoms with Gasteiger partial charge >= 0.3 is 0 Å². The molecule has 0 bridgehead atoms. The first-order valence-electron chi connectivity index (χ1n) is 33.1. The molecule has 0 fully saturated rings. The van der Waals surface area contributed by atoms with E-state index in [9.17, 15) is 0 Å². The van der Waals surface area contributed by atoms with Gasteiger partial charge in [-0.05, 0) is 152 Å². The number of aromatic nitrogens is 4. The lowest BCUT2D eigenvalue weighted by molar-refractivity contribution is 1.18. The zero-order chi connectivity index (χ0) is 63.2. The lowest BCUT2D eigenvalue weighted by atomic mass is 9.95. The van der Waals surface area contributed by atoms with Crippen molar-refractivity contribution in [3.8, 4) is 67.3 Å². The Morgan fingerprint density at radius 3 is 0.885 bits per heavy atom. The minimum atomic E-state index is 1.16. The molecule has 0 saturated carbocycles. The Bertz CT molecular complexity index is 6410. The maximum absolute atomic E-state index is 2.45. The van der Waals surface area contributed by atoms with Crippen LogP contribution in [0.4, 0.5) is 0 Å². The van der Waals surface area contributed by atoms with Gasteiger partial charge in [0.2, 0.25) is 0 Å². The topological polar surface area (TPSA) is 19.7 Å². The van der Waals surface area contributed by atoms with Gasteiger partial charge in [-0.25, -0.2) is 0 Å². The van der Waals surface area contributed by atoms with Gasteiger partial charge in [0.1, 0.15) is 0 Å². The van der Waals surface area contributed by atoms with Crippen LogP contribution in [-0.4, -0.2) is 18.3 Å².